The fourth-order valence-corrected chi connectivity index (χ4v) is 5.36. The van der Waals surface area contributed by atoms with Crippen LogP contribution in [0, 0.1) is 25.2 Å². The van der Waals surface area contributed by atoms with Crippen molar-refractivity contribution in [1.82, 2.24) is 15.0 Å². The molecular formula is C28H35N7O5S. The number of methoxy groups -OCH3 is 1. The molecule has 0 aromatic carbocycles. The Labute approximate surface area is 244 Å². The fourth-order valence-electron chi connectivity index (χ4n) is 4.58. The lowest BCUT2D eigenvalue weighted by Crippen LogP contribution is -2.50. The quantitative estimate of drug-likeness (QED) is 0.426. The number of imide groups is 1. The number of aryl methyl sites for hydroxylation is 1. The Morgan fingerprint density at radius 2 is 1.73 bits per heavy atom. The van der Waals surface area contributed by atoms with E-state index >= 15 is 0 Å². The molecule has 4 rings (SSSR count). The molecule has 3 heterocycles. The third-order valence-corrected chi connectivity index (χ3v) is 7.10. The van der Waals surface area contributed by atoms with Gasteiger partial charge in [-0.05, 0) is 85.8 Å². The number of aromatic nitrogens is 1. The number of carbonyl (C=O) groups is 2. The molecule has 1 aromatic rings. The molecule has 0 fully saturated rings. The molecule has 0 saturated carbocycles. The summed E-state index contributed by atoms with van der Waals surface area (Å²) in [6.07, 6.45) is 0.920. The minimum Gasteiger partial charge on any atom is -0.496 e. The second-order valence-corrected chi connectivity index (χ2v) is 12.7. The van der Waals surface area contributed by atoms with E-state index in [0.29, 0.717) is 29.8 Å². The van der Waals surface area contributed by atoms with Crippen molar-refractivity contribution in [2.24, 2.45) is 14.6 Å². The molecule has 3 aliphatic rings. The van der Waals surface area contributed by atoms with Crippen molar-refractivity contribution in [3.05, 3.63) is 34.2 Å². The molecule has 12 nitrogen and oxygen atoms in total. The lowest BCUT2D eigenvalue weighted by atomic mass is 10.0. The van der Waals surface area contributed by atoms with Crippen molar-refractivity contribution in [3.63, 3.8) is 0 Å². The van der Waals surface area contributed by atoms with Crippen molar-refractivity contribution in [1.29, 1.82) is 5.26 Å². The van der Waals surface area contributed by atoms with Crippen LogP contribution in [0.3, 0.4) is 0 Å². The number of carbonyl (C=O) groups excluding carboxylic acids is 2. The van der Waals surface area contributed by atoms with E-state index in [1.807, 2.05) is 13.8 Å². The zero-order valence-electron chi connectivity index (χ0n) is 24.9. The molecule has 218 valence electrons. The third-order valence-electron chi connectivity index (χ3n) is 6.22. The molecule has 2 aliphatic heterocycles. The van der Waals surface area contributed by atoms with Gasteiger partial charge in [0.25, 0.3) is 0 Å². The Bertz CT molecular complexity index is 1410. The first-order valence-electron chi connectivity index (χ1n) is 13.2. The smallest absolute Gasteiger partial charge is 0.425 e. The normalized spacial score (nSPS) is 18.4. The van der Waals surface area contributed by atoms with E-state index in [0.717, 1.165) is 39.3 Å². The van der Waals surface area contributed by atoms with Crippen LogP contribution in [0.25, 0.3) is 0 Å². The van der Waals surface area contributed by atoms with Gasteiger partial charge in [-0.15, -0.1) is 0 Å². The standard InChI is InChI=1S/C28H35N7O5S/c1-15-13-30-19(16(2)23(15)38-9)14-34-31-18-11-10-17-20(12-29)41-33-24(22(32-34)21(17)18)35(25(36)39-27(3,4)5)26(37)40-28(6,7)8/h13,20H,10-11,14H2,1-9H3. The maximum atomic E-state index is 13.5. The van der Waals surface area contributed by atoms with Gasteiger partial charge >= 0.3 is 12.2 Å². The van der Waals surface area contributed by atoms with Gasteiger partial charge in [0.15, 0.2) is 5.84 Å². The van der Waals surface area contributed by atoms with E-state index in [9.17, 15) is 14.9 Å². The van der Waals surface area contributed by atoms with Crippen molar-refractivity contribution >= 4 is 41.4 Å². The molecule has 0 N–H and O–H groups in total. The summed E-state index contributed by atoms with van der Waals surface area (Å²) >= 11 is 0.959. The number of hydrazone groups is 2. The van der Waals surface area contributed by atoms with Gasteiger partial charge in [-0.25, -0.2) is 9.59 Å². The molecule has 0 saturated heterocycles. The summed E-state index contributed by atoms with van der Waals surface area (Å²) in [6, 6.07) is 2.28. The molecule has 1 aromatic heterocycles. The molecule has 0 bridgehead atoms. The van der Waals surface area contributed by atoms with E-state index in [-0.39, 0.29) is 18.1 Å². The molecule has 13 heteroatoms. The van der Waals surface area contributed by atoms with Gasteiger partial charge in [-0.1, -0.05) is 0 Å². The summed E-state index contributed by atoms with van der Waals surface area (Å²) in [6.45, 7) is 14.2. The first kappa shape index (κ1) is 30.0. The highest BCUT2D eigenvalue weighted by Crippen LogP contribution is 2.39. The average molecular weight is 582 g/mol. The van der Waals surface area contributed by atoms with Crippen LogP contribution in [-0.4, -0.2) is 68.0 Å². The number of hydrogen-bond acceptors (Lipinski definition) is 12. The van der Waals surface area contributed by atoms with Gasteiger partial charge in [0, 0.05) is 22.9 Å². The van der Waals surface area contributed by atoms with Crippen LogP contribution in [0.15, 0.2) is 31.9 Å². The largest absolute Gasteiger partial charge is 0.496 e. The maximum absolute atomic E-state index is 13.5. The molecule has 1 unspecified atom stereocenters. The second-order valence-electron chi connectivity index (χ2n) is 11.8. The van der Waals surface area contributed by atoms with Gasteiger partial charge < -0.3 is 14.2 Å². The van der Waals surface area contributed by atoms with Gasteiger partial charge in [-0.3, -0.25) is 4.98 Å². The first-order chi connectivity index (χ1) is 19.1. The fraction of sp³-hybridized carbons (Fsp3) is 0.536. The predicted octanol–water partition coefficient (Wildman–Crippen LogP) is 5.45. The average Bonchev–Trinajstić information content (AvgIpc) is 3.20. The van der Waals surface area contributed by atoms with Crippen LogP contribution in [0.1, 0.15) is 71.2 Å². The van der Waals surface area contributed by atoms with Gasteiger partial charge in [-0.2, -0.15) is 29.9 Å². The highest BCUT2D eigenvalue weighted by atomic mass is 32.2. The summed E-state index contributed by atoms with van der Waals surface area (Å²) < 4.78 is 21.3. The molecule has 1 aliphatic carbocycles. The van der Waals surface area contributed by atoms with Crippen molar-refractivity contribution in [3.8, 4) is 11.8 Å². The Hall–Kier alpha value is -3.92. The Morgan fingerprint density at radius 1 is 1.10 bits per heavy atom. The monoisotopic (exact) mass is 581 g/mol. The summed E-state index contributed by atoms with van der Waals surface area (Å²) in [7, 11) is 1.61. The second kappa shape index (κ2) is 11.2. The third kappa shape index (κ3) is 6.37. The summed E-state index contributed by atoms with van der Waals surface area (Å²) in [5, 5.41) is 20.3. The van der Waals surface area contributed by atoms with Crippen LogP contribution in [0.2, 0.25) is 0 Å². The van der Waals surface area contributed by atoms with E-state index in [2.05, 4.69) is 15.5 Å². The summed E-state index contributed by atoms with van der Waals surface area (Å²) in [5.41, 5.74) is 2.95. The number of amides is 2. The lowest BCUT2D eigenvalue weighted by Gasteiger charge is -2.30. The number of nitriles is 1. The SMILES string of the molecule is COc1c(C)cnc(CN2N=C3CCC4=C3C(=N2)C(N(C(=O)OC(C)(C)C)C(=O)OC(C)(C)C)=NSC4C#N)c1C. The van der Waals surface area contributed by atoms with E-state index < -0.39 is 28.6 Å². The van der Waals surface area contributed by atoms with Crippen LogP contribution < -0.4 is 4.74 Å². The minimum absolute atomic E-state index is 0.0887. The Morgan fingerprint density at radius 3 is 2.29 bits per heavy atom. The van der Waals surface area contributed by atoms with E-state index in [1.165, 1.54) is 5.12 Å². The van der Waals surface area contributed by atoms with Crippen LogP contribution in [0.5, 0.6) is 5.75 Å². The van der Waals surface area contributed by atoms with Gasteiger partial charge in [0.2, 0.25) is 0 Å². The van der Waals surface area contributed by atoms with Crippen molar-refractivity contribution < 1.29 is 23.8 Å². The summed E-state index contributed by atoms with van der Waals surface area (Å²) in [5.74, 6) is 0.635. The van der Waals surface area contributed by atoms with Gasteiger partial charge in [0.1, 0.15) is 34.5 Å². The number of ether oxygens (including phenoxy) is 3. The topological polar surface area (TPSA) is 142 Å². The molecule has 0 spiro atoms. The molecule has 41 heavy (non-hydrogen) atoms. The molecule has 2 amide bonds. The number of hydrogen-bond donors (Lipinski definition) is 0. The number of amidine groups is 1. The zero-order chi connectivity index (χ0) is 30.3. The lowest BCUT2D eigenvalue weighted by molar-refractivity contribution is 0.0151. The van der Waals surface area contributed by atoms with Crippen molar-refractivity contribution in [2.75, 3.05) is 7.11 Å². The van der Waals surface area contributed by atoms with Crippen molar-refractivity contribution in [2.45, 2.75) is 91.2 Å². The summed E-state index contributed by atoms with van der Waals surface area (Å²) in [4.78, 5) is 32.4. The minimum atomic E-state index is -0.972. The number of nitrogens with zero attached hydrogens (tertiary/aromatic N) is 7. The predicted molar refractivity (Wildman–Crippen MR) is 156 cm³/mol. The highest BCUT2D eigenvalue weighted by Gasteiger charge is 2.44. The maximum Gasteiger partial charge on any atom is 0.425 e. The highest BCUT2D eigenvalue weighted by molar-refractivity contribution is 7.99. The molecule has 1 atom stereocenters. The number of rotatable bonds is 3. The number of pyridine rings is 1. The Kier molecular flexibility index (Phi) is 8.18. The molecular weight excluding hydrogens is 546 g/mol. The van der Waals surface area contributed by atoms with Crippen LogP contribution in [0.4, 0.5) is 9.59 Å². The Balaban J connectivity index is 1.85. The zero-order valence-corrected chi connectivity index (χ0v) is 25.7. The van der Waals surface area contributed by atoms with Crippen LogP contribution in [-0.2, 0) is 16.0 Å². The van der Waals surface area contributed by atoms with E-state index in [1.54, 1.807) is 54.8 Å². The molecule has 0 radical (unpaired) electrons. The van der Waals surface area contributed by atoms with E-state index in [4.69, 9.17) is 24.4 Å². The van der Waals surface area contributed by atoms with Crippen LogP contribution >= 0.6 is 11.9 Å². The van der Waals surface area contributed by atoms with Gasteiger partial charge in [0.05, 0.1) is 24.6 Å². The first-order valence-corrected chi connectivity index (χ1v) is 14.0.